The van der Waals surface area contributed by atoms with E-state index in [1.165, 1.54) is 25.7 Å². The van der Waals surface area contributed by atoms with Crippen LogP contribution in [-0.2, 0) is 0 Å². The molecule has 0 aromatic carbocycles. The third-order valence-corrected chi connectivity index (χ3v) is 2.96. The highest BCUT2D eigenvalue weighted by Gasteiger charge is 2.12. The molecule has 15 heavy (non-hydrogen) atoms. The normalized spacial score (nSPS) is 14.9. The zero-order valence-electron chi connectivity index (χ0n) is 10.2. The fourth-order valence-corrected chi connectivity index (χ4v) is 2.15. The average Bonchev–Trinajstić information content (AvgIpc) is 2.23. The molecule has 0 aliphatic rings. The molecule has 0 aliphatic heterocycles. The lowest BCUT2D eigenvalue weighted by molar-refractivity contribution is 0.333. The second-order valence-electron chi connectivity index (χ2n) is 4.57. The molecule has 0 bridgehead atoms. The van der Waals surface area contributed by atoms with Gasteiger partial charge in [-0.05, 0) is 44.1 Å². The largest absolute Gasteiger partial charge is 0.330 e. The summed E-state index contributed by atoms with van der Waals surface area (Å²) >= 11 is 0. The fraction of sp³-hybridized carbons (Fsp3) is 1.00. The van der Waals surface area contributed by atoms with Gasteiger partial charge < -0.3 is 5.73 Å². The Morgan fingerprint density at radius 2 is 2.00 bits per heavy atom. The van der Waals surface area contributed by atoms with Crippen molar-refractivity contribution in [2.24, 2.45) is 22.7 Å². The first-order valence-corrected chi connectivity index (χ1v) is 6.23. The summed E-state index contributed by atoms with van der Waals surface area (Å²) in [6, 6.07) is 0. The highest BCUT2D eigenvalue weighted by atomic mass is 16.3. The minimum absolute atomic E-state index is 0.469. The molecule has 2 unspecified atom stereocenters. The molecule has 0 aromatic heterocycles. The lowest BCUT2D eigenvalue weighted by atomic mass is 9.87. The summed E-state index contributed by atoms with van der Waals surface area (Å²) in [7, 11) is 0. The molecule has 0 saturated heterocycles. The van der Waals surface area contributed by atoms with Crippen LogP contribution in [-0.4, -0.2) is 13.1 Å². The van der Waals surface area contributed by atoms with Gasteiger partial charge in [0, 0.05) is 0 Å². The SMILES string of the molecule is CCCC(CCCN)CC(C)CCN=O. The van der Waals surface area contributed by atoms with Gasteiger partial charge in [0.1, 0.15) is 0 Å². The van der Waals surface area contributed by atoms with Crippen LogP contribution in [0.15, 0.2) is 5.18 Å². The summed E-state index contributed by atoms with van der Waals surface area (Å²) in [5, 5.41) is 2.92. The molecule has 2 atom stereocenters. The first kappa shape index (κ1) is 14.6. The Morgan fingerprint density at radius 1 is 1.27 bits per heavy atom. The Hall–Kier alpha value is -0.440. The van der Waals surface area contributed by atoms with Gasteiger partial charge in [0.15, 0.2) is 0 Å². The summed E-state index contributed by atoms with van der Waals surface area (Å²) < 4.78 is 0. The van der Waals surface area contributed by atoms with Gasteiger partial charge in [-0.1, -0.05) is 31.9 Å². The van der Waals surface area contributed by atoms with Crippen LogP contribution in [0, 0.1) is 16.7 Å². The standard InChI is InChI=1S/C12H26N2O/c1-3-5-12(6-4-8-13)10-11(2)7-9-14-15/h11-12H,3-10,13H2,1-2H3. The summed E-state index contributed by atoms with van der Waals surface area (Å²) in [4.78, 5) is 10.0. The molecule has 0 aliphatic carbocycles. The average molecular weight is 214 g/mol. The first-order valence-electron chi connectivity index (χ1n) is 6.23. The van der Waals surface area contributed by atoms with Crippen molar-refractivity contribution in [1.82, 2.24) is 0 Å². The summed E-state index contributed by atoms with van der Waals surface area (Å²) in [6.45, 7) is 5.71. The molecular formula is C12H26N2O. The molecule has 0 rings (SSSR count). The number of nitrogens with two attached hydrogens (primary N) is 1. The van der Waals surface area contributed by atoms with Crippen LogP contribution >= 0.6 is 0 Å². The Balaban J connectivity index is 3.75. The highest BCUT2D eigenvalue weighted by Crippen LogP contribution is 2.23. The number of rotatable bonds is 10. The van der Waals surface area contributed by atoms with Gasteiger partial charge in [-0.3, -0.25) is 0 Å². The van der Waals surface area contributed by atoms with Gasteiger partial charge in [-0.2, -0.15) is 4.91 Å². The molecule has 3 heteroatoms. The van der Waals surface area contributed by atoms with Crippen molar-refractivity contribution >= 4 is 0 Å². The van der Waals surface area contributed by atoms with E-state index in [0.29, 0.717) is 12.5 Å². The summed E-state index contributed by atoms with van der Waals surface area (Å²) in [6.07, 6.45) is 7.06. The third kappa shape index (κ3) is 8.55. The van der Waals surface area contributed by atoms with Crippen LogP contribution in [0.5, 0.6) is 0 Å². The summed E-state index contributed by atoms with van der Waals surface area (Å²) in [5.41, 5.74) is 5.53. The maximum atomic E-state index is 10.0. The van der Waals surface area contributed by atoms with Crippen molar-refractivity contribution in [1.29, 1.82) is 0 Å². The highest BCUT2D eigenvalue weighted by molar-refractivity contribution is 4.65. The van der Waals surface area contributed by atoms with E-state index >= 15 is 0 Å². The van der Waals surface area contributed by atoms with Crippen LogP contribution < -0.4 is 5.73 Å². The van der Waals surface area contributed by atoms with Crippen molar-refractivity contribution in [2.75, 3.05) is 13.1 Å². The Morgan fingerprint density at radius 3 is 2.53 bits per heavy atom. The van der Waals surface area contributed by atoms with Gasteiger partial charge in [-0.25, -0.2) is 0 Å². The fourth-order valence-electron chi connectivity index (χ4n) is 2.15. The van der Waals surface area contributed by atoms with E-state index in [1.807, 2.05) is 0 Å². The van der Waals surface area contributed by atoms with Gasteiger partial charge >= 0.3 is 0 Å². The number of hydrogen-bond acceptors (Lipinski definition) is 3. The minimum atomic E-state index is 0.469. The Labute approximate surface area is 93.8 Å². The predicted molar refractivity (Wildman–Crippen MR) is 65.7 cm³/mol. The molecular weight excluding hydrogens is 188 g/mol. The van der Waals surface area contributed by atoms with Crippen molar-refractivity contribution in [3.05, 3.63) is 4.91 Å². The zero-order valence-corrected chi connectivity index (χ0v) is 10.2. The molecule has 0 heterocycles. The third-order valence-electron chi connectivity index (χ3n) is 2.96. The monoisotopic (exact) mass is 214 g/mol. The molecule has 90 valence electrons. The second kappa shape index (κ2) is 10.1. The van der Waals surface area contributed by atoms with E-state index < -0.39 is 0 Å². The smallest absolute Gasteiger partial charge is 0.0813 e. The van der Waals surface area contributed by atoms with E-state index in [9.17, 15) is 4.91 Å². The first-order chi connectivity index (χ1) is 7.24. The molecule has 0 spiro atoms. The quantitative estimate of drug-likeness (QED) is 0.567. The lowest BCUT2D eigenvalue weighted by Gasteiger charge is -2.19. The summed E-state index contributed by atoms with van der Waals surface area (Å²) in [5.74, 6) is 1.41. The Bertz CT molecular complexity index is 151. The van der Waals surface area contributed by atoms with E-state index in [0.717, 1.165) is 25.3 Å². The van der Waals surface area contributed by atoms with E-state index in [-0.39, 0.29) is 0 Å². The molecule has 2 N–H and O–H groups in total. The van der Waals surface area contributed by atoms with E-state index in [4.69, 9.17) is 5.73 Å². The van der Waals surface area contributed by atoms with Crippen molar-refractivity contribution in [3.63, 3.8) is 0 Å². The number of hydrogen-bond donors (Lipinski definition) is 1. The van der Waals surface area contributed by atoms with Crippen molar-refractivity contribution in [3.8, 4) is 0 Å². The van der Waals surface area contributed by atoms with Crippen LogP contribution in [0.3, 0.4) is 0 Å². The molecule has 0 aromatic rings. The van der Waals surface area contributed by atoms with Gasteiger partial charge in [0.2, 0.25) is 0 Å². The molecule has 3 nitrogen and oxygen atoms in total. The molecule has 0 amide bonds. The van der Waals surface area contributed by atoms with Gasteiger partial charge in [0.05, 0.1) is 6.54 Å². The van der Waals surface area contributed by atoms with Crippen molar-refractivity contribution < 1.29 is 0 Å². The lowest BCUT2D eigenvalue weighted by Crippen LogP contribution is -2.10. The van der Waals surface area contributed by atoms with Crippen LogP contribution in [0.1, 0.15) is 52.4 Å². The van der Waals surface area contributed by atoms with Gasteiger partial charge in [0.25, 0.3) is 0 Å². The minimum Gasteiger partial charge on any atom is -0.330 e. The topological polar surface area (TPSA) is 55.4 Å². The van der Waals surface area contributed by atoms with Crippen molar-refractivity contribution in [2.45, 2.75) is 52.4 Å². The van der Waals surface area contributed by atoms with Crippen LogP contribution in [0.2, 0.25) is 0 Å². The van der Waals surface area contributed by atoms with E-state index in [2.05, 4.69) is 19.0 Å². The Kier molecular flexibility index (Phi) is 9.79. The molecule has 0 radical (unpaired) electrons. The van der Waals surface area contributed by atoms with Crippen LogP contribution in [0.4, 0.5) is 0 Å². The van der Waals surface area contributed by atoms with Crippen LogP contribution in [0.25, 0.3) is 0 Å². The van der Waals surface area contributed by atoms with E-state index in [1.54, 1.807) is 0 Å². The zero-order chi connectivity index (χ0) is 11.5. The number of nitrogens with zero attached hydrogens (tertiary/aromatic N) is 1. The van der Waals surface area contributed by atoms with Gasteiger partial charge in [-0.15, -0.1) is 0 Å². The maximum Gasteiger partial charge on any atom is 0.0813 e. The second-order valence-corrected chi connectivity index (χ2v) is 4.57. The number of nitroso groups, excluding NO2 is 1. The maximum absolute atomic E-state index is 10.0. The predicted octanol–water partition coefficient (Wildman–Crippen LogP) is 3.32. The molecule has 0 fully saturated rings. The molecule has 0 saturated carbocycles.